The van der Waals surface area contributed by atoms with E-state index in [0.717, 1.165) is 19.6 Å². The first kappa shape index (κ1) is 14.4. The van der Waals surface area contributed by atoms with Crippen molar-refractivity contribution in [3.05, 3.63) is 0 Å². The minimum absolute atomic E-state index is 0.102. The minimum atomic E-state index is -0.419. The lowest BCUT2D eigenvalue weighted by atomic mass is 10.3. The van der Waals surface area contributed by atoms with E-state index in [4.69, 9.17) is 9.84 Å². The number of hydrogen-bond acceptors (Lipinski definition) is 3. The van der Waals surface area contributed by atoms with Crippen molar-refractivity contribution >= 4 is 0 Å². The van der Waals surface area contributed by atoms with Gasteiger partial charge in [-0.25, -0.2) is 0 Å². The Morgan fingerprint density at radius 3 is 2.33 bits per heavy atom. The number of ether oxygens (including phenoxy) is 1. The molecular weight excluding hydrogens is 190 g/mol. The molecule has 0 heterocycles. The van der Waals surface area contributed by atoms with E-state index in [9.17, 15) is 0 Å². The van der Waals surface area contributed by atoms with E-state index in [0.29, 0.717) is 6.61 Å². The van der Waals surface area contributed by atoms with Crippen LogP contribution in [-0.4, -0.2) is 48.5 Å². The Kier molecular flexibility index (Phi) is 8.40. The number of hydrogen-bond donors (Lipinski definition) is 1. The Labute approximate surface area is 93.4 Å². The van der Waals surface area contributed by atoms with Gasteiger partial charge in [0.1, 0.15) is 6.10 Å². The molecule has 2 atom stereocenters. The van der Waals surface area contributed by atoms with Crippen molar-refractivity contribution in [3.63, 3.8) is 0 Å². The van der Waals surface area contributed by atoms with E-state index in [1.165, 1.54) is 0 Å². The van der Waals surface area contributed by atoms with Gasteiger partial charge in [-0.1, -0.05) is 25.7 Å². The van der Waals surface area contributed by atoms with Crippen molar-refractivity contribution in [2.75, 3.05) is 26.2 Å². The summed E-state index contributed by atoms with van der Waals surface area (Å²) < 4.78 is 5.31. The van der Waals surface area contributed by atoms with E-state index < -0.39 is 6.10 Å². The summed E-state index contributed by atoms with van der Waals surface area (Å²) >= 11 is 0. The Morgan fingerprint density at radius 1 is 1.27 bits per heavy atom. The van der Waals surface area contributed by atoms with Gasteiger partial charge in [-0.2, -0.15) is 0 Å². The molecule has 0 bridgehead atoms. The van der Waals surface area contributed by atoms with E-state index >= 15 is 0 Å². The van der Waals surface area contributed by atoms with Gasteiger partial charge >= 0.3 is 0 Å². The molecule has 0 aromatic carbocycles. The lowest BCUT2D eigenvalue weighted by Crippen LogP contribution is -2.23. The second-order valence-corrected chi connectivity index (χ2v) is 3.61. The molecule has 0 radical (unpaired) electrons. The largest absolute Gasteiger partial charge is 0.391 e. The number of aliphatic hydroxyl groups excluding tert-OH is 1. The molecule has 0 saturated carbocycles. The molecule has 0 saturated heterocycles. The Hall–Kier alpha value is -0.560. The molecule has 0 aromatic rings. The van der Waals surface area contributed by atoms with Crippen LogP contribution in [0.1, 0.15) is 27.7 Å². The summed E-state index contributed by atoms with van der Waals surface area (Å²) in [7, 11) is 0. The summed E-state index contributed by atoms with van der Waals surface area (Å²) in [6.45, 7) is 11.0. The second kappa shape index (κ2) is 8.72. The van der Waals surface area contributed by atoms with Crippen LogP contribution in [0.2, 0.25) is 0 Å². The van der Waals surface area contributed by atoms with Crippen LogP contribution in [0.15, 0.2) is 0 Å². The summed E-state index contributed by atoms with van der Waals surface area (Å²) in [6, 6.07) is 0. The Bertz CT molecular complexity index is 201. The van der Waals surface area contributed by atoms with Crippen LogP contribution in [0.4, 0.5) is 0 Å². The van der Waals surface area contributed by atoms with Gasteiger partial charge in [0.15, 0.2) is 0 Å². The first-order valence-corrected chi connectivity index (χ1v) is 5.60. The van der Waals surface area contributed by atoms with Crippen molar-refractivity contribution in [1.29, 1.82) is 0 Å². The van der Waals surface area contributed by atoms with Gasteiger partial charge in [-0.3, -0.25) is 4.90 Å². The molecular formula is C12H23NO2. The first-order chi connectivity index (χ1) is 7.10. The zero-order valence-electron chi connectivity index (χ0n) is 10.3. The van der Waals surface area contributed by atoms with Gasteiger partial charge in [0.05, 0.1) is 19.3 Å². The SMILES string of the molecule is CCN(CC)CC#C[C@H](C)OC[C@H](C)O. The number of nitrogens with zero attached hydrogens (tertiary/aromatic N) is 1. The molecule has 0 aromatic heterocycles. The Balaban J connectivity index is 3.74. The normalized spacial score (nSPS) is 14.5. The summed E-state index contributed by atoms with van der Waals surface area (Å²) in [5.74, 6) is 6.09. The van der Waals surface area contributed by atoms with Crippen LogP contribution < -0.4 is 0 Å². The molecule has 0 aliphatic rings. The van der Waals surface area contributed by atoms with Crippen molar-refractivity contribution in [1.82, 2.24) is 4.90 Å². The lowest BCUT2D eigenvalue weighted by molar-refractivity contribution is 0.0281. The molecule has 0 spiro atoms. The summed E-state index contributed by atoms with van der Waals surface area (Å²) in [5.41, 5.74) is 0. The average molecular weight is 213 g/mol. The highest BCUT2D eigenvalue weighted by atomic mass is 16.5. The van der Waals surface area contributed by atoms with Crippen LogP contribution in [0, 0.1) is 11.8 Å². The summed E-state index contributed by atoms with van der Waals surface area (Å²) in [4.78, 5) is 2.24. The third-order valence-corrected chi connectivity index (χ3v) is 2.09. The van der Waals surface area contributed by atoms with Crippen molar-refractivity contribution in [2.45, 2.75) is 39.9 Å². The van der Waals surface area contributed by atoms with Gasteiger partial charge in [0, 0.05) is 0 Å². The fourth-order valence-corrected chi connectivity index (χ4v) is 1.07. The molecule has 1 N–H and O–H groups in total. The highest BCUT2D eigenvalue weighted by Crippen LogP contribution is 1.91. The fraction of sp³-hybridized carbons (Fsp3) is 0.833. The monoisotopic (exact) mass is 213 g/mol. The van der Waals surface area contributed by atoms with Gasteiger partial charge < -0.3 is 9.84 Å². The molecule has 0 amide bonds. The molecule has 0 unspecified atom stereocenters. The summed E-state index contributed by atoms with van der Waals surface area (Å²) in [6.07, 6.45) is -0.521. The third-order valence-electron chi connectivity index (χ3n) is 2.09. The second-order valence-electron chi connectivity index (χ2n) is 3.61. The zero-order valence-corrected chi connectivity index (χ0v) is 10.3. The fourth-order valence-electron chi connectivity index (χ4n) is 1.07. The van der Waals surface area contributed by atoms with Gasteiger partial charge in [-0.05, 0) is 26.9 Å². The van der Waals surface area contributed by atoms with Crippen molar-refractivity contribution in [2.24, 2.45) is 0 Å². The molecule has 15 heavy (non-hydrogen) atoms. The van der Waals surface area contributed by atoms with E-state index in [2.05, 4.69) is 30.6 Å². The maximum atomic E-state index is 9.01. The highest BCUT2D eigenvalue weighted by Gasteiger charge is 2.00. The van der Waals surface area contributed by atoms with Crippen LogP contribution in [0.5, 0.6) is 0 Å². The summed E-state index contributed by atoms with van der Waals surface area (Å²) in [5, 5.41) is 9.01. The Morgan fingerprint density at radius 2 is 1.87 bits per heavy atom. The highest BCUT2D eigenvalue weighted by molar-refractivity contribution is 5.05. The van der Waals surface area contributed by atoms with E-state index in [1.807, 2.05) is 6.92 Å². The van der Waals surface area contributed by atoms with Gasteiger partial charge in [0.25, 0.3) is 0 Å². The first-order valence-electron chi connectivity index (χ1n) is 5.60. The topological polar surface area (TPSA) is 32.7 Å². The quantitative estimate of drug-likeness (QED) is 0.671. The predicted octanol–water partition coefficient (Wildman–Crippen LogP) is 1.12. The molecule has 0 rings (SSSR count). The molecule has 3 heteroatoms. The number of aliphatic hydroxyl groups is 1. The minimum Gasteiger partial charge on any atom is -0.391 e. The van der Waals surface area contributed by atoms with Crippen molar-refractivity contribution < 1.29 is 9.84 Å². The molecule has 0 fully saturated rings. The van der Waals surface area contributed by atoms with Crippen LogP contribution in [0.25, 0.3) is 0 Å². The van der Waals surface area contributed by atoms with Crippen LogP contribution in [0.3, 0.4) is 0 Å². The van der Waals surface area contributed by atoms with Gasteiger partial charge in [-0.15, -0.1) is 0 Å². The lowest BCUT2D eigenvalue weighted by Gasteiger charge is -2.13. The number of rotatable bonds is 6. The maximum Gasteiger partial charge on any atom is 0.115 e. The van der Waals surface area contributed by atoms with Crippen molar-refractivity contribution in [3.8, 4) is 11.8 Å². The maximum absolute atomic E-state index is 9.01. The van der Waals surface area contributed by atoms with Gasteiger partial charge in [0.2, 0.25) is 0 Å². The molecule has 0 aliphatic heterocycles. The molecule has 0 aliphatic carbocycles. The smallest absolute Gasteiger partial charge is 0.115 e. The van der Waals surface area contributed by atoms with Crippen LogP contribution >= 0.6 is 0 Å². The predicted molar refractivity (Wildman–Crippen MR) is 62.7 cm³/mol. The third kappa shape index (κ3) is 8.44. The van der Waals surface area contributed by atoms with E-state index in [-0.39, 0.29) is 6.10 Å². The standard InChI is InChI=1S/C12H23NO2/c1-5-13(6-2)9-7-8-12(4)15-10-11(3)14/h11-12,14H,5-6,9-10H2,1-4H3/t11-,12-/m0/s1. The molecule has 88 valence electrons. The average Bonchev–Trinajstić information content (AvgIpc) is 2.21. The zero-order chi connectivity index (χ0) is 11.7. The molecule has 3 nitrogen and oxygen atoms in total. The van der Waals surface area contributed by atoms with E-state index in [1.54, 1.807) is 6.92 Å². The van der Waals surface area contributed by atoms with Crippen LogP contribution in [-0.2, 0) is 4.74 Å².